The third-order valence-electron chi connectivity index (χ3n) is 2.49. The highest BCUT2D eigenvalue weighted by Crippen LogP contribution is 2.17. The van der Waals surface area contributed by atoms with Crippen molar-refractivity contribution < 1.29 is 31.9 Å². The first-order valence-corrected chi connectivity index (χ1v) is 6.01. The first kappa shape index (κ1) is 15.5. The molecule has 2 rings (SSSR count). The largest absolute Gasteiger partial charge is 0.461 e. The Kier molecular flexibility index (Phi) is 4.44. The molecule has 9 heteroatoms. The van der Waals surface area contributed by atoms with E-state index >= 15 is 0 Å². The summed E-state index contributed by atoms with van der Waals surface area (Å²) in [6, 6.07) is 0.947. The van der Waals surface area contributed by atoms with Crippen molar-refractivity contribution in [2.75, 3.05) is 11.9 Å². The quantitative estimate of drug-likeness (QED) is 0.693. The van der Waals surface area contributed by atoms with Gasteiger partial charge in [0.05, 0.1) is 12.2 Å². The van der Waals surface area contributed by atoms with Crippen molar-refractivity contribution in [2.24, 2.45) is 0 Å². The smallest absolute Gasteiger partial charge is 0.360 e. The standard InChI is InChI=1S/C13H9F3N2O4/c1-2-21-12(20)8-5-22-13(17-8)18-11(19)6-3-4-7(14)10(16)9(6)15/h3-5H,2H2,1H3,(H,17,18,19). The topological polar surface area (TPSA) is 81.4 Å². The van der Waals surface area contributed by atoms with Gasteiger partial charge in [-0.05, 0) is 19.1 Å². The summed E-state index contributed by atoms with van der Waals surface area (Å²) in [5, 5.41) is 2.01. The van der Waals surface area contributed by atoms with Gasteiger partial charge in [0, 0.05) is 0 Å². The number of nitrogens with one attached hydrogen (secondary N) is 1. The lowest BCUT2D eigenvalue weighted by Crippen LogP contribution is -2.15. The number of benzene rings is 1. The normalized spacial score (nSPS) is 10.4. The predicted molar refractivity (Wildman–Crippen MR) is 66.7 cm³/mol. The number of halogens is 3. The zero-order valence-electron chi connectivity index (χ0n) is 11.2. The lowest BCUT2D eigenvalue weighted by atomic mass is 10.2. The van der Waals surface area contributed by atoms with Crippen LogP contribution in [0, 0.1) is 17.5 Å². The molecule has 0 radical (unpaired) electrons. The van der Waals surface area contributed by atoms with E-state index in [0.29, 0.717) is 6.07 Å². The van der Waals surface area contributed by atoms with Gasteiger partial charge in [-0.15, -0.1) is 0 Å². The molecule has 6 nitrogen and oxygen atoms in total. The first-order chi connectivity index (χ1) is 10.4. The average Bonchev–Trinajstić information content (AvgIpc) is 2.93. The summed E-state index contributed by atoms with van der Waals surface area (Å²) < 4.78 is 48.7. The summed E-state index contributed by atoms with van der Waals surface area (Å²) >= 11 is 0. The fourth-order valence-electron chi connectivity index (χ4n) is 1.50. The molecular weight excluding hydrogens is 305 g/mol. The van der Waals surface area contributed by atoms with Gasteiger partial charge in [0.25, 0.3) is 5.91 Å². The first-order valence-electron chi connectivity index (χ1n) is 6.01. The number of oxazole rings is 1. The van der Waals surface area contributed by atoms with Crippen LogP contribution in [-0.2, 0) is 4.74 Å². The van der Waals surface area contributed by atoms with Crippen molar-refractivity contribution >= 4 is 17.9 Å². The van der Waals surface area contributed by atoms with Crippen molar-refractivity contribution in [1.29, 1.82) is 0 Å². The van der Waals surface area contributed by atoms with Gasteiger partial charge in [-0.25, -0.2) is 18.0 Å². The molecule has 0 aliphatic carbocycles. The van der Waals surface area contributed by atoms with Crippen LogP contribution in [0.1, 0.15) is 27.8 Å². The fourth-order valence-corrected chi connectivity index (χ4v) is 1.50. The number of carbonyl (C=O) groups excluding carboxylic acids is 2. The van der Waals surface area contributed by atoms with E-state index < -0.39 is 40.9 Å². The highest BCUT2D eigenvalue weighted by atomic mass is 19.2. The van der Waals surface area contributed by atoms with E-state index in [9.17, 15) is 22.8 Å². The molecule has 0 aliphatic rings. The van der Waals surface area contributed by atoms with Crippen molar-refractivity contribution in [3.05, 3.63) is 47.1 Å². The van der Waals surface area contributed by atoms with Crippen LogP contribution in [0.25, 0.3) is 0 Å². The minimum Gasteiger partial charge on any atom is -0.461 e. The van der Waals surface area contributed by atoms with Crippen LogP contribution in [0.5, 0.6) is 0 Å². The fraction of sp³-hybridized carbons (Fsp3) is 0.154. The van der Waals surface area contributed by atoms with Crippen LogP contribution < -0.4 is 5.32 Å². The summed E-state index contributed by atoms with van der Waals surface area (Å²) in [7, 11) is 0. The molecule has 0 spiro atoms. The SMILES string of the molecule is CCOC(=O)c1coc(NC(=O)c2ccc(F)c(F)c2F)n1. The average molecular weight is 314 g/mol. The maximum atomic E-state index is 13.4. The second kappa shape index (κ2) is 6.29. The summed E-state index contributed by atoms with van der Waals surface area (Å²) in [5.74, 6) is -6.73. The number of esters is 1. The van der Waals surface area contributed by atoms with Crippen LogP contribution in [0.4, 0.5) is 19.2 Å². The highest BCUT2D eigenvalue weighted by Gasteiger charge is 2.21. The molecule has 1 N–H and O–H groups in total. The number of rotatable bonds is 4. The molecule has 1 amide bonds. The molecular formula is C13H9F3N2O4. The second-order valence-corrected chi connectivity index (χ2v) is 3.94. The van der Waals surface area contributed by atoms with Gasteiger partial charge in [0.15, 0.2) is 23.1 Å². The number of nitrogens with zero attached hydrogens (tertiary/aromatic N) is 1. The van der Waals surface area contributed by atoms with Crippen molar-refractivity contribution in [3.8, 4) is 0 Å². The third-order valence-corrected chi connectivity index (χ3v) is 2.49. The summed E-state index contributed by atoms with van der Waals surface area (Å²) in [5.41, 5.74) is -0.947. The van der Waals surface area contributed by atoms with E-state index in [1.54, 1.807) is 6.92 Å². The Morgan fingerprint density at radius 2 is 2.00 bits per heavy atom. The molecule has 2 aromatic rings. The van der Waals surface area contributed by atoms with Gasteiger partial charge >= 0.3 is 12.0 Å². The minimum atomic E-state index is -1.77. The Labute approximate surface area is 121 Å². The van der Waals surface area contributed by atoms with E-state index in [0.717, 1.165) is 12.3 Å². The van der Waals surface area contributed by atoms with Crippen LogP contribution in [-0.4, -0.2) is 23.5 Å². The maximum absolute atomic E-state index is 13.4. The Morgan fingerprint density at radius 3 is 2.68 bits per heavy atom. The van der Waals surface area contributed by atoms with Gasteiger partial charge in [0.1, 0.15) is 6.26 Å². The Hall–Kier alpha value is -2.84. The molecule has 0 saturated heterocycles. The number of aromatic nitrogens is 1. The molecule has 1 aromatic carbocycles. The van der Waals surface area contributed by atoms with E-state index in [1.807, 2.05) is 5.32 Å². The summed E-state index contributed by atoms with van der Waals surface area (Å²) in [6.07, 6.45) is 0.926. The van der Waals surface area contributed by atoms with Crippen molar-refractivity contribution in [2.45, 2.75) is 6.92 Å². The van der Waals surface area contributed by atoms with Crippen LogP contribution >= 0.6 is 0 Å². The zero-order chi connectivity index (χ0) is 16.3. The predicted octanol–water partition coefficient (Wildman–Crippen LogP) is 2.52. The van der Waals surface area contributed by atoms with E-state index in [-0.39, 0.29) is 12.3 Å². The Morgan fingerprint density at radius 1 is 1.27 bits per heavy atom. The van der Waals surface area contributed by atoms with Gasteiger partial charge < -0.3 is 9.15 Å². The van der Waals surface area contributed by atoms with Gasteiger partial charge in [-0.2, -0.15) is 4.98 Å². The van der Waals surface area contributed by atoms with Gasteiger partial charge in [-0.3, -0.25) is 10.1 Å². The van der Waals surface area contributed by atoms with Crippen LogP contribution in [0.2, 0.25) is 0 Å². The number of ether oxygens (including phenoxy) is 1. The maximum Gasteiger partial charge on any atom is 0.360 e. The van der Waals surface area contributed by atoms with Gasteiger partial charge in [0.2, 0.25) is 0 Å². The molecule has 22 heavy (non-hydrogen) atoms. The number of anilines is 1. The molecule has 0 unspecified atom stereocenters. The number of carbonyl (C=O) groups is 2. The molecule has 0 aliphatic heterocycles. The van der Waals surface area contributed by atoms with Crippen LogP contribution in [0.3, 0.4) is 0 Å². The lowest BCUT2D eigenvalue weighted by molar-refractivity contribution is 0.0519. The number of amides is 1. The summed E-state index contributed by atoms with van der Waals surface area (Å²) in [6.45, 7) is 1.71. The minimum absolute atomic E-state index is 0.119. The van der Waals surface area contributed by atoms with Gasteiger partial charge in [-0.1, -0.05) is 0 Å². The molecule has 0 fully saturated rings. The molecule has 0 saturated carbocycles. The van der Waals surface area contributed by atoms with E-state index in [4.69, 9.17) is 4.42 Å². The Balaban J connectivity index is 2.16. The zero-order valence-corrected chi connectivity index (χ0v) is 11.2. The van der Waals surface area contributed by atoms with Crippen molar-refractivity contribution in [3.63, 3.8) is 0 Å². The second-order valence-electron chi connectivity index (χ2n) is 3.94. The molecule has 116 valence electrons. The monoisotopic (exact) mass is 314 g/mol. The lowest BCUT2D eigenvalue weighted by Gasteiger charge is -2.03. The Bertz CT molecular complexity index is 730. The van der Waals surface area contributed by atoms with E-state index in [1.165, 1.54) is 0 Å². The summed E-state index contributed by atoms with van der Waals surface area (Å²) in [4.78, 5) is 26.7. The molecule has 0 atom stereocenters. The molecule has 0 bridgehead atoms. The molecule has 1 heterocycles. The van der Waals surface area contributed by atoms with E-state index in [2.05, 4.69) is 9.72 Å². The van der Waals surface area contributed by atoms with Crippen LogP contribution in [0.15, 0.2) is 22.8 Å². The third kappa shape index (κ3) is 3.08. The highest BCUT2D eigenvalue weighted by molar-refractivity contribution is 6.03. The number of hydrogen-bond acceptors (Lipinski definition) is 5. The number of hydrogen-bond donors (Lipinski definition) is 1. The molecule has 1 aromatic heterocycles. The van der Waals surface area contributed by atoms with Crippen molar-refractivity contribution in [1.82, 2.24) is 4.98 Å².